The fourth-order valence-electron chi connectivity index (χ4n) is 2.78. The molecule has 0 aliphatic carbocycles. The normalized spacial score (nSPS) is 22.3. The van der Waals surface area contributed by atoms with Crippen LogP contribution >= 0.6 is 0 Å². The molecule has 0 bridgehead atoms. The number of carbonyl (C=O) groups excluding carboxylic acids is 2. The summed E-state index contributed by atoms with van der Waals surface area (Å²) in [6.07, 6.45) is 3.68. The number of anilines is 1. The number of aryl methyl sites for hydroxylation is 1. The van der Waals surface area contributed by atoms with Crippen LogP contribution in [-0.2, 0) is 16.0 Å². The highest BCUT2D eigenvalue weighted by Crippen LogP contribution is 2.23. The molecule has 1 saturated heterocycles. The van der Waals surface area contributed by atoms with Crippen molar-refractivity contribution >= 4 is 17.5 Å². The molecule has 0 saturated carbocycles. The van der Waals surface area contributed by atoms with Crippen molar-refractivity contribution in [3.63, 3.8) is 0 Å². The Morgan fingerprint density at radius 2 is 1.76 bits per heavy atom. The molecular weight excluding hydrogens is 264 g/mol. The summed E-state index contributed by atoms with van der Waals surface area (Å²) in [5, 5.41) is 2.82. The van der Waals surface area contributed by atoms with Crippen molar-refractivity contribution in [1.29, 1.82) is 0 Å². The lowest BCUT2D eigenvalue weighted by atomic mass is 10.0. The summed E-state index contributed by atoms with van der Waals surface area (Å²) < 4.78 is 0. The minimum Gasteiger partial charge on any atom is -0.342 e. The zero-order chi connectivity index (χ0) is 15.4. The molecule has 2 atom stereocenters. The third-order valence-corrected chi connectivity index (χ3v) is 3.95. The minimum atomic E-state index is -0.456. The maximum absolute atomic E-state index is 12.6. The number of hydrogen-bond donors (Lipinski definition) is 1. The fraction of sp³-hybridized carbons (Fsp3) is 0.529. The third kappa shape index (κ3) is 3.26. The summed E-state index contributed by atoms with van der Waals surface area (Å²) in [7, 11) is 0. The molecule has 0 radical (unpaired) electrons. The van der Waals surface area contributed by atoms with Gasteiger partial charge in [0, 0.05) is 5.69 Å². The van der Waals surface area contributed by atoms with E-state index in [1.807, 2.05) is 31.2 Å². The number of piperazine rings is 1. The van der Waals surface area contributed by atoms with Crippen molar-refractivity contribution in [2.45, 2.75) is 58.5 Å². The van der Waals surface area contributed by atoms with Crippen molar-refractivity contribution in [1.82, 2.24) is 5.32 Å². The summed E-state index contributed by atoms with van der Waals surface area (Å²) in [6.45, 7) is 5.93. The van der Waals surface area contributed by atoms with Gasteiger partial charge in [-0.1, -0.05) is 38.8 Å². The summed E-state index contributed by atoms with van der Waals surface area (Å²) in [5.74, 6) is -0.0853. The zero-order valence-corrected chi connectivity index (χ0v) is 13.1. The van der Waals surface area contributed by atoms with E-state index in [-0.39, 0.29) is 11.8 Å². The first kappa shape index (κ1) is 15.5. The van der Waals surface area contributed by atoms with Gasteiger partial charge < -0.3 is 5.32 Å². The maximum Gasteiger partial charge on any atom is 0.250 e. The van der Waals surface area contributed by atoms with E-state index in [1.165, 1.54) is 5.56 Å². The number of amides is 2. The van der Waals surface area contributed by atoms with Gasteiger partial charge in [0.2, 0.25) is 11.8 Å². The van der Waals surface area contributed by atoms with Gasteiger partial charge in [0.1, 0.15) is 12.1 Å². The minimum absolute atomic E-state index is 0.00723. The van der Waals surface area contributed by atoms with Crippen molar-refractivity contribution in [3.05, 3.63) is 29.8 Å². The van der Waals surface area contributed by atoms with Crippen LogP contribution in [0.5, 0.6) is 0 Å². The summed E-state index contributed by atoms with van der Waals surface area (Å²) >= 11 is 0. The molecule has 0 aromatic heterocycles. The highest BCUT2D eigenvalue weighted by Gasteiger charge is 2.38. The Hall–Kier alpha value is -1.84. The molecular formula is C17H24N2O2. The SMILES string of the molecule is CCCc1ccc(N2C(=O)C(CCC)NC(=O)C2C)cc1. The van der Waals surface area contributed by atoms with Gasteiger partial charge in [0.25, 0.3) is 0 Å². The molecule has 1 fully saturated rings. The highest BCUT2D eigenvalue weighted by molar-refractivity contribution is 6.08. The Bertz CT molecular complexity index is 510. The maximum atomic E-state index is 12.6. The van der Waals surface area contributed by atoms with E-state index in [0.717, 1.165) is 24.9 Å². The van der Waals surface area contributed by atoms with Crippen LogP contribution < -0.4 is 10.2 Å². The van der Waals surface area contributed by atoms with Crippen LogP contribution in [0.15, 0.2) is 24.3 Å². The van der Waals surface area contributed by atoms with E-state index in [4.69, 9.17) is 0 Å². The fourth-order valence-corrected chi connectivity index (χ4v) is 2.78. The van der Waals surface area contributed by atoms with Crippen LogP contribution in [0.25, 0.3) is 0 Å². The number of nitrogens with zero attached hydrogens (tertiary/aromatic N) is 1. The molecule has 1 N–H and O–H groups in total. The Labute approximate surface area is 126 Å². The van der Waals surface area contributed by atoms with E-state index in [2.05, 4.69) is 12.2 Å². The number of hydrogen-bond acceptors (Lipinski definition) is 2. The summed E-state index contributed by atoms with van der Waals surface area (Å²) in [5.41, 5.74) is 2.07. The molecule has 1 aliphatic heterocycles. The largest absolute Gasteiger partial charge is 0.342 e. The summed E-state index contributed by atoms with van der Waals surface area (Å²) in [6, 6.07) is 7.12. The molecule has 1 aromatic rings. The Kier molecular flexibility index (Phi) is 4.99. The van der Waals surface area contributed by atoms with E-state index in [9.17, 15) is 9.59 Å². The van der Waals surface area contributed by atoms with E-state index >= 15 is 0 Å². The quantitative estimate of drug-likeness (QED) is 0.905. The molecule has 2 unspecified atom stereocenters. The molecule has 114 valence electrons. The molecule has 2 rings (SSSR count). The van der Waals surface area contributed by atoms with Crippen LogP contribution in [0.1, 0.15) is 45.6 Å². The van der Waals surface area contributed by atoms with Gasteiger partial charge in [-0.25, -0.2) is 0 Å². The van der Waals surface area contributed by atoms with Crippen LogP contribution in [0.4, 0.5) is 5.69 Å². The topological polar surface area (TPSA) is 49.4 Å². The van der Waals surface area contributed by atoms with Crippen molar-refractivity contribution in [3.8, 4) is 0 Å². The van der Waals surface area contributed by atoms with Gasteiger partial charge in [-0.2, -0.15) is 0 Å². The monoisotopic (exact) mass is 288 g/mol. The number of carbonyl (C=O) groups is 2. The van der Waals surface area contributed by atoms with Crippen molar-refractivity contribution in [2.75, 3.05) is 4.90 Å². The third-order valence-electron chi connectivity index (χ3n) is 3.95. The predicted molar refractivity (Wildman–Crippen MR) is 84.2 cm³/mol. The molecule has 4 nitrogen and oxygen atoms in total. The molecule has 1 aliphatic rings. The summed E-state index contributed by atoms with van der Waals surface area (Å²) in [4.78, 5) is 26.3. The molecule has 1 aromatic carbocycles. The lowest BCUT2D eigenvalue weighted by Crippen LogP contribution is -2.62. The van der Waals surface area contributed by atoms with Crippen LogP contribution in [0.2, 0.25) is 0 Å². The van der Waals surface area contributed by atoms with Crippen LogP contribution in [0, 0.1) is 0 Å². The van der Waals surface area contributed by atoms with Crippen molar-refractivity contribution in [2.24, 2.45) is 0 Å². The zero-order valence-electron chi connectivity index (χ0n) is 13.1. The standard InChI is InChI=1S/C17H24N2O2/c1-4-6-13-8-10-14(11-9-13)19-12(3)16(20)18-15(7-5-2)17(19)21/h8-12,15H,4-7H2,1-3H3,(H,18,20). The first-order chi connectivity index (χ1) is 10.1. The molecule has 1 heterocycles. The second kappa shape index (κ2) is 6.74. The van der Waals surface area contributed by atoms with E-state index in [1.54, 1.807) is 11.8 Å². The van der Waals surface area contributed by atoms with Gasteiger partial charge in [-0.15, -0.1) is 0 Å². The predicted octanol–water partition coefficient (Wildman–Crippen LogP) is 2.66. The number of benzene rings is 1. The number of rotatable bonds is 5. The highest BCUT2D eigenvalue weighted by atomic mass is 16.2. The van der Waals surface area contributed by atoms with Gasteiger partial charge in [0.15, 0.2) is 0 Å². The van der Waals surface area contributed by atoms with Crippen LogP contribution in [0.3, 0.4) is 0 Å². The average Bonchev–Trinajstić information content (AvgIpc) is 2.47. The first-order valence-corrected chi connectivity index (χ1v) is 7.80. The van der Waals surface area contributed by atoms with Gasteiger partial charge in [-0.3, -0.25) is 14.5 Å². The number of nitrogens with one attached hydrogen (secondary N) is 1. The lowest BCUT2D eigenvalue weighted by Gasteiger charge is -2.37. The molecule has 2 amide bonds. The Morgan fingerprint density at radius 3 is 2.33 bits per heavy atom. The second-order valence-electron chi connectivity index (χ2n) is 5.65. The average molecular weight is 288 g/mol. The van der Waals surface area contributed by atoms with Gasteiger partial charge in [0.05, 0.1) is 0 Å². The van der Waals surface area contributed by atoms with Gasteiger partial charge >= 0.3 is 0 Å². The van der Waals surface area contributed by atoms with Gasteiger partial charge in [-0.05, 0) is 37.5 Å². The molecule has 21 heavy (non-hydrogen) atoms. The lowest BCUT2D eigenvalue weighted by molar-refractivity contribution is -0.133. The molecule has 0 spiro atoms. The second-order valence-corrected chi connectivity index (χ2v) is 5.65. The Balaban J connectivity index is 2.25. The smallest absolute Gasteiger partial charge is 0.250 e. The Morgan fingerprint density at radius 1 is 1.10 bits per heavy atom. The van der Waals surface area contributed by atoms with E-state index < -0.39 is 12.1 Å². The van der Waals surface area contributed by atoms with E-state index in [0.29, 0.717) is 6.42 Å². The van der Waals surface area contributed by atoms with Crippen LogP contribution in [-0.4, -0.2) is 23.9 Å². The van der Waals surface area contributed by atoms with Crippen molar-refractivity contribution < 1.29 is 9.59 Å². The first-order valence-electron chi connectivity index (χ1n) is 7.80. The molecule has 4 heteroatoms.